The largest absolute Gasteiger partial charge is 0.486 e. The van der Waals surface area contributed by atoms with E-state index >= 15 is 0 Å². The molecule has 0 radical (unpaired) electrons. The van der Waals surface area contributed by atoms with Crippen molar-refractivity contribution >= 4 is 5.91 Å². The number of carbonyl (C=O) groups excluding carboxylic acids is 1. The number of ether oxygens (including phenoxy) is 2. The normalized spacial score (nSPS) is 13.4. The third-order valence-electron chi connectivity index (χ3n) is 3.87. The van der Waals surface area contributed by atoms with Crippen LogP contribution in [0.15, 0.2) is 42.5 Å². The van der Waals surface area contributed by atoms with E-state index in [1.54, 1.807) is 18.2 Å². The van der Waals surface area contributed by atoms with Crippen LogP contribution in [-0.2, 0) is 12.7 Å². The second kappa shape index (κ2) is 6.66. The van der Waals surface area contributed by atoms with Crippen LogP contribution < -0.4 is 9.47 Å². The molecule has 1 heterocycles. The lowest BCUT2D eigenvalue weighted by Gasteiger charge is -2.24. The van der Waals surface area contributed by atoms with Gasteiger partial charge in [0.1, 0.15) is 13.2 Å². The zero-order valence-corrected chi connectivity index (χ0v) is 13.5. The molecular formula is C18H16F3NO3. The molecule has 1 aliphatic rings. The molecule has 0 saturated carbocycles. The maximum Gasteiger partial charge on any atom is 0.416 e. The van der Waals surface area contributed by atoms with Crippen molar-refractivity contribution in [3.05, 3.63) is 59.2 Å². The number of alkyl halides is 3. The number of amides is 1. The van der Waals surface area contributed by atoms with Crippen LogP contribution in [0, 0.1) is 0 Å². The summed E-state index contributed by atoms with van der Waals surface area (Å²) in [6.07, 6.45) is -4.47. The second-order valence-electron chi connectivity index (χ2n) is 5.65. The van der Waals surface area contributed by atoms with Gasteiger partial charge in [-0.05, 0) is 23.8 Å². The van der Waals surface area contributed by atoms with Crippen LogP contribution in [-0.4, -0.2) is 31.1 Å². The van der Waals surface area contributed by atoms with Crippen molar-refractivity contribution < 1.29 is 27.4 Å². The number of benzene rings is 2. The van der Waals surface area contributed by atoms with Crippen LogP contribution in [0.25, 0.3) is 0 Å². The second-order valence-corrected chi connectivity index (χ2v) is 5.65. The molecule has 0 aliphatic carbocycles. The Morgan fingerprint density at radius 2 is 1.80 bits per heavy atom. The Bertz CT molecular complexity index is 789. The summed E-state index contributed by atoms with van der Waals surface area (Å²) in [5.41, 5.74) is -0.443. The van der Waals surface area contributed by atoms with Gasteiger partial charge in [0.2, 0.25) is 0 Å². The predicted octanol–water partition coefficient (Wildman–Crippen LogP) is 3.75. The van der Waals surface area contributed by atoms with Crippen LogP contribution in [0.5, 0.6) is 11.5 Å². The van der Waals surface area contributed by atoms with Crippen molar-refractivity contribution in [3.8, 4) is 11.5 Å². The summed E-state index contributed by atoms with van der Waals surface area (Å²) in [6.45, 7) is 0.538. The predicted molar refractivity (Wildman–Crippen MR) is 84.7 cm³/mol. The first kappa shape index (κ1) is 17.1. The zero-order chi connectivity index (χ0) is 18.0. The third-order valence-corrected chi connectivity index (χ3v) is 3.87. The molecule has 0 fully saturated rings. The first-order valence-corrected chi connectivity index (χ1v) is 7.67. The average Bonchev–Trinajstić information content (AvgIpc) is 2.60. The number of fused-ring (bicyclic) bond motifs is 1. The molecule has 1 amide bonds. The van der Waals surface area contributed by atoms with Gasteiger partial charge in [-0.3, -0.25) is 4.79 Å². The minimum Gasteiger partial charge on any atom is -0.486 e. The zero-order valence-electron chi connectivity index (χ0n) is 13.5. The van der Waals surface area contributed by atoms with E-state index in [1.165, 1.54) is 30.1 Å². The minimum absolute atomic E-state index is 0.0350. The Kier molecular flexibility index (Phi) is 4.57. The first-order chi connectivity index (χ1) is 11.9. The van der Waals surface area contributed by atoms with Gasteiger partial charge in [-0.15, -0.1) is 0 Å². The molecule has 0 unspecified atom stereocenters. The lowest BCUT2D eigenvalue weighted by atomic mass is 10.1. The van der Waals surface area contributed by atoms with Crippen LogP contribution in [0.3, 0.4) is 0 Å². The van der Waals surface area contributed by atoms with Gasteiger partial charge in [-0.2, -0.15) is 13.2 Å². The standard InChI is InChI=1S/C18H16F3NO3/c1-22(11-12-5-2-3-7-14(12)18(19,20)21)17(23)13-6-4-8-15-16(13)25-10-9-24-15/h2-8H,9-11H2,1H3. The molecule has 0 bridgehead atoms. The van der Waals surface area contributed by atoms with Crippen molar-refractivity contribution in [3.63, 3.8) is 0 Å². The molecule has 1 aliphatic heterocycles. The molecule has 3 rings (SSSR count). The number of halogens is 3. The Balaban J connectivity index is 1.86. The lowest BCUT2D eigenvalue weighted by Crippen LogP contribution is -2.29. The van der Waals surface area contributed by atoms with Crippen molar-refractivity contribution in [1.82, 2.24) is 4.90 Å². The fraction of sp³-hybridized carbons (Fsp3) is 0.278. The lowest BCUT2D eigenvalue weighted by molar-refractivity contribution is -0.138. The van der Waals surface area contributed by atoms with E-state index in [1.807, 2.05) is 0 Å². The monoisotopic (exact) mass is 351 g/mol. The number of rotatable bonds is 3. The van der Waals surface area contributed by atoms with Crippen LogP contribution in [0.1, 0.15) is 21.5 Å². The molecule has 0 N–H and O–H groups in total. The smallest absolute Gasteiger partial charge is 0.416 e. The molecule has 4 nitrogen and oxygen atoms in total. The molecule has 25 heavy (non-hydrogen) atoms. The highest BCUT2D eigenvalue weighted by Crippen LogP contribution is 2.35. The van der Waals surface area contributed by atoms with E-state index in [0.29, 0.717) is 24.7 Å². The van der Waals surface area contributed by atoms with Crippen molar-refractivity contribution in [2.75, 3.05) is 20.3 Å². The summed E-state index contributed by atoms with van der Waals surface area (Å²) in [5, 5.41) is 0. The molecular weight excluding hydrogens is 335 g/mol. The van der Waals surface area contributed by atoms with Gasteiger partial charge in [-0.25, -0.2) is 0 Å². The summed E-state index contributed by atoms with van der Waals surface area (Å²) in [6, 6.07) is 10.1. The molecule has 132 valence electrons. The van der Waals surface area contributed by atoms with Gasteiger partial charge in [0.15, 0.2) is 11.5 Å². The molecule has 0 spiro atoms. The van der Waals surface area contributed by atoms with Gasteiger partial charge in [-0.1, -0.05) is 24.3 Å². The first-order valence-electron chi connectivity index (χ1n) is 7.67. The Hall–Kier alpha value is -2.70. The van der Waals surface area contributed by atoms with E-state index in [2.05, 4.69) is 0 Å². The third kappa shape index (κ3) is 3.55. The van der Waals surface area contributed by atoms with Crippen LogP contribution >= 0.6 is 0 Å². The number of para-hydroxylation sites is 1. The summed E-state index contributed by atoms with van der Waals surface area (Å²) in [5.74, 6) is 0.357. The number of carbonyl (C=O) groups is 1. The maximum absolute atomic E-state index is 13.1. The summed E-state index contributed by atoms with van der Waals surface area (Å²) >= 11 is 0. The van der Waals surface area contributed by atoms with Gasteiger partial charge in [0.25, 0.3) is 5.91 Å². The number of hydrogen-bond acceptors (Lipinski definition) is 3. The Morgan fingerprint density at radius 1 is 1.08 bits per heavy atom. The van der Waals surface area contributed by atoms with E-state index in [-0.39, 0.29) is 17.7 Å². The average molecular weight is 351 g/mol. The van der Waals surface area contributed by atoms with Gasteiger partial charge in [0.05, 0.1) is 11.1 Å². The molecule has 2 aromatic carbocycles. The fourth-order valence-electron chi connectivity index (χ4n) is 2.71. The summed E-state index contributed by atoms with van der Waals surface area (Å²) < 4.78 is 50.3. The highest BCUT2D eigenvalue weighted by Gasteiger charge is 2.33. The molecule has 2 aromatic rings. The molecule has 7 heteroatoms. The fourth-order valence-corrected chi connectivity index (χ4v) is 2.71. The van der Waals surface area contributed by atoms with Crippen molar-refractivity contribution in [2.45, 2.75) is 12.7 Å². The molecule has 0 aromatic heterocycles. The number of nitrogens with zero attached hydrogens (tertiary/aromatic N) is 1. The van der Waals surface area contributed by atoms with Crippen LogP contribution in [0.4, 0.5) is 13.2 Å². The topological polar surface area (TPSA) is 38.8 Å². The van der Waals surface area contributed by atoms with Gasteiger partial charge in [0, 0.05) is 13.6 Å². The maximum atomic E-state index is 13.1. The van der Waals surface area contributed by atoms with E-state index in [9.17, 15) is 18.0 Å². The minimum atomic E-state index is -4.47. The Labute approximate surface area is 142 Å². The number of hydrogen-bond donors (Lipinski definition) is 0. The summed E-state index contributed by atoms with van der Waals surface area (Å²) in [7, 11) is 1.46. The molecule has 0 atom stereocenters. The summed E-state index contributed by atoms with van der Waals surface area (Å²) in [4.78, 5) is 13.9. The SMILES string of the molecule is CN(Cc1ccccc1C(F)(F)F)C(=O)c1cccc2c1OCCO2. The van der Waals surface area contributed by atoms with Crippen LogP contribution in [0.2, 0.25) is 0 Å². The highest BCUT2D eigenvalue weighted by molar-refractivity contribution is 5.97. The van der Waals surface area contributed by atoms with E-state index in [0.717, 1.165) is 6.07 Å². The van der Waals surface area contributed by atoms with Crippen molar-refractivity contribution in [1.29, 1.82) is 0 Å². The molecule has 0 saturated heterocycles. The van der Waals surface area contributed by atoms with Gasteiger partial charge >= 0.3 is 6.18 Å². The highest BCUT2D eigenvalue weighted by atomic mass is 19.4. The quantitative estimate of drug-likeness (QED) is 0.845. The van der Waals surface area contributed by atoms with E-state index in [4.69, 9.17) is 9.47 Å². The Morgan fingerprint density at radius 3 is 2.56 bits per heavy atom. The van der Waals surface area contributed by atoms with E-state index < -0.39 is 17.6 Å². The van der Waals surface area contributed by atoms with Crippen molar-refractivity contribution in [2.24, 2.45) is 0 Å². The van der Waals surface area contributed by atoms with Gasteiger partial charge < -0.3 is 14.4 Å².